The molecule has 0 saturated carbocycles. The first-order chi connectivity index (χ1) is 7.38. The Morgan fingerprint density at radius 3 is 2.44 bits per heavy atom. The quantitative estimate of drug-likeness (QED) is 0.676. The van der Waals surface area contributed by atoms with Crippen LogP contribution in [0.3, 0.4) is 0 Å². The minimum atomic E-state index is 0.110. The molecule has 0 aliphatic rings. The molecule has 0 aromatic rings. The first-order valence-electron chi connectivity index (χ1n) is 5.61. The van der Waals surface area contributed by atoms with Crippen LogP contribution in [-0.2, 0) is 4.79 Å². The van der Waals surface area contributed by atoms with Gasteiger partial charge in [0.1, 0.15) is 0 Å². The highest BCUT2D eigenvalue weighted by atomic mass is 32.1. The molecule has 2 N–H and O–H groups in total. The summed E-state index contributed by atoms with van der Waals surface area (Å²) in [6, 6.07) is 0.424. The van der Waals surface area contributed by atoms with Crippen LogP contribution < -0.4 is 5.73 Å². The van der Waals surface area contributed by atoms with Crippen molar-refractivity contribution in [2.24, 2.45) is 5.73 Å². The lowest BCUT2D eigenvalue weighted by Crippen LogP contribution is -2.41. The standard InChI is InChI=1S/C11H23N3OS/c1-5-9(2)14(4)8-11(15)13(3)7-6-10(12)16/h9H,5-8H2,1-4H3,(H2,12,16). The van der Waals surface area contributed by atoms with Gasteiger partial charge < -0.3 is 10.6 Å². The van der Waals surface area contributed by atoms with Crippen molar-refractivity contribution >= 4 is 23.1 Å². The molecular weight excluding hydrogens is 222 g/mol. The van der Waals surface area contributed by atoms with Gasteiger partial charge in [-0.05, 0) is 20.4 Å². The molecule has 1 unspecified atom stereocenters. The molecule has 0 bridgehead atoms. The second kappa shape index (κ2) is 7.57. The number of hydrogen-bond donors (Lipinski definition) is 1. The van der Waals surface area contributed by atoms with Gasteiger partial charge in [-0.25, -0.2) is 0 Å². The Morgan fingerprint density at radius 1 is 1.44 bits per heavy atom. The molecule has 0 radical (unpaired) electrons. The van der Waals surface area contributed by atoms with E-state index in [0.717, 1.165) is 6.42 Å². The van der Waals surface area contributed by atoms with E-state index >= 15 is 0 Å². The summed E-state index contributed by atoms with van der Waals surface area (Å²) in [7, 11) is 3.75. The molecule has 16 heavy (non-hydrogen) atoms. The molecule has 0 heterocycles. The fourth-order valence-electron chi connectivity index (χ4n) is 1.20. The van der Waals surface area contributed by atoms with Gasteiger partial charge in [-0.15, -0.1) is 0 Å². The molecule has 0 spiro atoms. The SMILES string of the molecule is CCC(C)N(C)CC(=O)N(C)CCC(N)=S. The summed E-state index contributed by atoms with van der Waals surface area (Å²) in [5, 5.41) is 0. The number of thiocarbonyl (C=S) groups is 1. The van der Waals surface area contributed by atoms with Gasteiger partial charge in [0.15, 0.2) is 0 Å². The van der Waals surface area contributed by atoms with Crippen molar-refractivity contribution in [3.8, 4) is 0 Å². The van der Waals surface area contributed by atoms with E-state index in [4.69, 9.17) is 18.0 Å². The summed E-state index contributed by atoms with van der Waals surface area (Å²) < 4.78 is 0. The van der Waals surface area contributed by atoms with Gasteiger partial charge >= 0.3 is 0 Å². The topological polar surface area (TPSA) is 49.6 Å². The first-order valence-corrected chi connectivity index (χ1v) is 6.01. The van der Waals surface area contributed by atoms with Gasteiger partial charge in [0.25, 0.3) is 0 Å². The van der Waals surface area contributed by atoms with Crippen LogP contribution in [0.2, 0.25) is 0 Å². The minimum absolute atomic E-state index is 0.110. The lowest BCUT2D eigenvalue weighted by molar-refractivity contribution is -0.131. The van der Waals surface area contributed by atoms with E-state index in [1.54, 1.807) is 11.9 Å². The summed E-state index contributed by atoms with van der Waals surface area (Å²) >= 11 is 4.78. The van der Waals surface area contributed by atoms with Crippen molar-refractivity contribution < 1.29 is 4.79 Å². The Balaban J connectivity index is 4.00. The number of rotatable bonds is 7. The third kappa shape index (κ3) is 6.02. The number of hydrogen-bond acceptors (Lipinski definition) is 3. The van der Waals surface area contributed by atoms with Crippen molar-refractivity contribution in [1.82, 2.24) is 9.80 Å². The fraction of sp³-hybridized carbons (Fsp3) is 0.818. The molecule has 5 heteroatoms. The Labute approximate surface area is 104 Å². The minimum Gasteiger partial charge on any atom is -0.393 e. The van der Waals surface area contributed by atoms with E-state index in [1.165, 1.54) is 0 Å². The van der Waals surface area contributed by atoms with Gasteiger partial charge in [0.2, 0.25) is 5.91 Å². The van der Waals surface area contributed by atoms with Crippen LogP contribution in [-0.4, -0.2) is 53.9 Å². The van der Waals surface area contributed by atoms with E-state index in [9.17, 15) is 4.79 Å². The lowest BCUT2D eigenvalue weighted by atomic mass is 10.2. The van der Waals surface area contributed by atoms with Crippen molar-refractivity contribution in [3.05, 3.63) is 0 Å². The summed E-state index contributed by atoms with van der Waals surface area (Å²) in [6.45, 7) is 5.27. The number of carbonyl (C=O) groups excluding carboxylic acids is 1. The summed E-state index contributed by atoms with van der Waals surface area (Å²) in [6.07, 6.45) is 1.63. The van der Waals surface area contributed by atoms with Crippen LogP contribution in [0.4, 0.5) is 0 Å². The number of likely N-dealkylation sites (N-methyl/N-ethyl adjacent to an activating group) is 2. The largest absolute Gasteiger partial charge is 0.393 e. The fourth-order valence-corrected chi connectivity index (χ4v) is 1.30. The average molecular weight is 245 g/mol. The van der Waals surface area contributed by atoms with E-state index in [-0.39, 0.29) is 5.91 Å². The molecule has 0 aromatic heterocycles. The van der Waals surface area contributed by atoms with Crippen molar-refractivity contribution in [2.75, 3.05) is 27.2 Å². The molecule has 94 valence electrons. The van der Waals surface area contributed by atoms with Crippen LogP contribution in [0.15, 0.2) is 0 Å². The van der Waals surface area contributed by atoms with E-state index in [2.05, 4.69) is 18.7 Å². The number of carbonyl (C=O) groups is 1. The van der Waals surface area contributed by atoms with Crippen LogP contribution in [0, 0.1) is 0 Å². The van der Waals surface area contributed by atoms with Gasteiger partial charge in [0.05, 0.1) is 11.5 Å². The van der Waals surface area contributed by atoms with Gasteiger partial charge in [-0.3, -0.25) is 9.69 Å². The molecule has 0 aliphatic carbocycles. The number of nitrogens with two attached hydrogens (primary N) is 1. The molecule has 1 atom stereocenters. The number of nitrogens with zero attached hydrogens (tertiary/aromatic N) is 2. The number of amides is 1. The highest BCUT2D eigenvalue weighted by molar-refractivity contribution is 7.80. The Kier molecular flexibility index (Phi) is 7.25. The molecule has 0 rings (SSSR count). The maximum absolute atomic E-state index is 11.8. The zero-order chi connectivity index (χ0) is 12.7. The van der Waals surface area contributed by atoms with E-state index in [1.807, 2.05) is 7.05 Å². The van der Waals surface area contributed by atoms with E-state index < -0.39 is 0 Å². The maximum atomic E-state index is 11.8. The summed E-state index contributed by atoms with van der Waals surface area (Å²) in [5.41, 5.74) is 5.39. The van der Waals surface area contributed by atoms with Crippen molar-refractivity contribution in [1.29, 1.82) is 0 Å². The van der Waals surface area contributed by atoms with Crippen molar-refractivity contribution in [2.45, 2.75) is 32.7 Å². The monoisotopic (exact) mass is 245 g/mol. The van der Waals surface area contributed by atoms with Crippen LogP contribution >= 0.6 is 12.2 Å². The second-order valence-corrected chi connectivity index (χ2v) is 4.73. The third-order valence-corrected chi connectivity index (χ3v) is 3.05. The van der Waals surface area contributed by atoms with Crippen LogP contribution in [0.25, 0.3) is 0 Å². The Hall–Kier alpha value is -0.680. The molecule has 4 nitrogen and oxygen atoms in total. The molecule has 0 aromatic carbocycles. The van der Waals surface area contributed by atoms with E-state index in [0.29, 0.717) is 30.5 Å². The Morgan fingerprint density at radius 2 is 2.00 bits per heavy atom. The molecule has 0 saturated heterocycles. The first kappa shape index (κ1) is 15.3. The normalized spacial score (nSPS) is 12.6. The van der Waals surface area contributed by atoms with Crippen molar-refractivity contribution in [3.63, 3.8) is 0 Å². The zero-order valence-electron chi connectivity index (χ0n) is 10.7. The lowest BCUT2D eigenvalue weighted by Gasteiger charge is -2.25. The Bertz CT molecular complexity index is 245. The highest BCUT2D eigenvalue weighted by Crippen LogP contribution is 2.00. The zero-order valence-corrected chi connectivity index (χ0v) is 11.5. The summed E-state index contributed by atoms with van der Waals surface area (Å²) in [4.78, 5) is 16.0. The summed E-state index contributed by atoms with van der Waals surface area (Å²) in [5.74, 6) is 0.110. The van der Waals surface area contributed by atoms with Crippen LogP contribution in [0.1, 0.15) is 26.7 Å². The third-order valence-electron chi connectivity index (χ3n) is 2.85. The van der Waals surface area contributed by atoms with Gasteiger partial charge in [-0.1, -0.05) is 19.1 Å². The smallest absolute Gasteiger partial charge is 0.236 e. The molecule has 0 aliphatic heterocycles. The maximum Gasteiger partial charge on any atom is 0.236 e. The highest BCUT2D eigenvalue weighted by Gasteiger charge is 2.14. The van der Waals surface area contributed by atoms with Gasteiger partial charge in [0, 0.05) is 26.1 Å². The second-order valence-electron chi connectivity index (χ2n) is 4.20. The molecular formula is C11H23N3OS. The predicted octanol–water partition coefficient (Wildman–Crippen LogP) is 0.851. The predicted molar refractivity (Wildman–Crippen MR) is 71.4 cm³/mol. The average Bonchev–Trinajstić information content (AvgIpc) is 2.24. The van der Waals surface area contributed by atoms with Crippen LogP contribution in [0.5, 0.6) is 0 Å². The molecule has 0 fully saturated rings. The molecule has 1 amide bonds. The van der Waals surface area contributed by atoms with Gasteiger partial charge in [-0.2, -0.15) is 0 Å².